The summed E-state index contributed by atoms with van der Waals surface area (Å²) in [6.45, 7) is 0. The van der Waals surface area contributed by atoms with Gasteiger partial charge in [0.25, 0.3) is 11.8 Å². The van der Waals surface area contributed by atoms with Gasteiger partial charge in [0.05, 0.1) is 15.7 Å². The molecule has 2 amide bonds. The standard InChI is InChI=1S/C12H6Cl2N4O3/c13-5-2-1-4(3-6(5)14)18-9(15)7-8(16-12(18)21)11(20)17-10(7)19/h1-3H,15H2,(H,17,19,20). The lowest BCUT2D eigenvalue weighted by atomic mass is 10.2. The molecule has 0 fully saturated rings. The molecule has 0 bridgehead atoms. The minimum Gasteiger partial charge on any atom is -0.384 e. The summed E-state index contributed by atoms with van der Waals surface area (Å²) in [5.41, 5.74) is 4.92. The average molecular weight is 325 g/mol. The van der Waals surface area contributed by atoms with Gasteiger partial charge < -0.3 is 5.73 Å². The van der Waals surface area contributed by atoms with Crippen LogP contribution in [0.3, 0.4) is 0 Å². The van der Waals surface area contributed by atoms with E-state index in [1.807, 2.05) is 5.32 Å². The molecule has 0 spiro atoms. The number of nitrogens with zero attached hydrogens (tertiary/aromatic N) is 2. The lowest BCUT2D eigenvalue weighted by Crippen LogP contribution is -2.27. The second-order valence-electron chi connectivity index (χ2n) is 4.22. The fraction of sp³-hybridized carbons (Fsp3) is 0. The molecule has 0 saturated carbocycles. The molecular weight excluding hydrogens is 319 g/mol. The van der Waals surface area contributed by atoms with Crippen LogP contribution in [0.5, 0.6) is 0 Å². The molecule has 1 aliphatic heterocycles. The topological polar surface area (TPSA) is 107 Å². The van der Waals surface area contributed by atoms with Crippen LogP contribution in [0.15, 0.2) is 23.0 Å². The molecule has 3 rings (SSSR count). The number of nitrogens with one attached hydrogen (secondary N) is 1. The first kappa shape index (κ1) is 13.6. The van der Waals surface area contributed by atoms with Gasteiger partial charge in [0, 0.05) is 0 Å². The monoisotopic (exact) mass is 324 g/mol. The highest BCUT2D eigenvalue weighted by molar-refractivity contribution is 6.42. The van der Waals surface area contributed by atoms with Crippen LogP contribution in [0.4, 0.5) is 5.82 Å². The molecule has 1 aromatic carbocycles. The normalized spacial score (nSPS) is 13.2. The van der Waals surface area contributed by atoms with Crippen molar-refractivity contribution in [2.75, 3.05) is 5.73 Å². The zero-order chi connectivity index (χ0) is 15.3. The van der Waals surface area contributed by atoms with E-state index in [0.717, 1.165) is 4.57 Å². The van der Waals surface area contributed by atoms with E-state index < -0.39 is 17.5 Å². The van der Waals surface area contributed by atoms with Gasteiger partial charge in [0.2, 0.25) is 0 Å². The molecule has 21 heavy (non-hydrogen) atoms. The Morgan fingerprint density at radius 3 is 2.48 bits per heavy atom. The molecule has 2 aromatic rings. The number of imide groups is 1. The average Bonchev–Trinajstić information content (AvgIpc) is 2.69. The Balaban J connectivity index is 2.32. The maximum atomic E-state index is 12.1. The number of nitrogens with two attached hydrogens (primary N) is 1. The smallest absolute Gasteiger partial charge is 0.354 e. The molecular formula is C12H6Cl2N4O3. The number of rotatable bonds is 1. The Morgan fingerprint density at radius 2 is 1.81 bits per heavy atom. The summed E-state index contributed by atoms with van der Waals surface area (Å²) in [5.74, 6) is -1.64. The van der Waals surface area contributed by atoms with Crippen LogP contribution >= 0.6 is 23.2 Å². The van der Waals surface area contributed by atoms with Crippen LogP contribution < -0.4 is 16.7 Å². The van der Waals surface area contributed by atoms with Crippen LogP contribution in [0.25, 0.3) is 5.69 Å². The summed E-state index contributed by atoms with van der Waals surface area (Å²) in [6.07, 6.45) is 0. The van der Waals surface area contributed by atoms with Crippen molar-refractivity contribution in [3.8, 4) is 5.69 Å². The molecule has 0 radical (unpaired) electrons. The lowest BCUT2D eigenvalue weighted by Gasteiger charge is -2.11. The predicted octanol–water partition coefficient (Wildman–Crippen LogP) is 1.01. The highest BCUT2D eigenvalue weighted by Crippen LogP contribution is 2.26. The summed E-state index contributed by atoms with van der Waals surface area (Å²) < 4.78 is 0.985. The van der Waals surface area contributed by atoms with Crippen molar-refractivity contribution in [1.82, 2.24) is 14.9 Å². The van der Waals surface area contributed by atoms with Crippen molar-refractivity contribution in [2.24, 2.45) is 0 Å². The Bertz CT molecular complexity index is 876. The fourth-order valence-electron chi connectivity index (χ4n) is 2.02. The number of halogens is 2. The third-order valence-electron chi connectivity index (χ3n) is 2.96. The second-order valence-corrected chi connectivity index (χ2v) is 5.03. The van der Waals surface area contributed by atoms with E-state index >= 15 is 0 Å². The lowest BCUT2D eigenvalue weighted by molar-refractivity contribution is 0.0878. The van der Waals surface area contributed by atoms with Crippen molar-refractivity contribution in [3.05, 3.63) is 50.0 Å². The van der Waals surface area contributed by atoms with Crippen molar-refractivity contribution < 1.29 is 9.59 Å². The maximum Gasteiger partial charge on any atom is 0.354 e. The predicted molar refractivity (Wildman–Crippen MR) is 76.1 cm³/mol. The van der Waals surface area contributed by atoms with Crippen molar-refractivity contribution in [2.45, 2.75) is 0 Å². The highest BCUT2D eigenvalue weighted by atomic mass is 35.5. The zero-order valence-corrected chi connectivity index (χ0v) is 11.7. The van der Waals surface area contributed by atoms with Gasteiger partial charge in [-0.3, -0.25) is 14.9 Å². The van der Waals surface area contributed by atoms with Gasteiger partial charge in [-0.15, -0.1) is 0 Å². The van der Waals surface area contributed by atoms with E-state index in [2.05, 4.69) is 4.98 Å². The quantitative estimate of drug-likeness (QED) is 0.761. The van der Waals surface area contributed by atoms with Crippen LogP contribution in [0.2, 0.25) is 10.0 Å². The molecule has 0 aliphatic carbocycles. The summed E-state index contributed by atoms with van der Waals surface area (Å²) in [4.78, 5) is 38.8. The molecule has 1 aromatic heterocycles. The number of hydrogen-bond acceptors (Lipinski definition) is 5. The van der Waals surface area contributed by atoms with E-state index in [9.17, 15) is 14.4 Å². The SMILES string of the molecule is Nc1c2c(nc(=O)n1-c1ccc(Cl)c(Cl)c1)C(=O)NC2=O. The first-order chi connectivity index (χ1) is 9.90. The summed E-state index contributed by atoms with van der Waals surface area (Å²) in [5, 5.41) is 2.54. The second kappa shape index (κ2) is 4.57. The number of amides is 2. The van der Waals surface area contributed by atoms with E-state index in [1.54, 1.807) is 0 Å². The molecule has 3 N–H and O–H groups in total. The van der Waals surface area contributed by atoms with Crippen molar-refractivity contribution in [1.29, 1.82) is 0 Å². The molecule has 9 heteroatoms. The largest absolute Gasteiger partial charge is 0.384 e. The number of nitrogen functional groups attached to an aromatic ring is 1. The Morgan fingerprint density at radius 1 is 1.10 bits per heavy atom. The third-order valence-corrected chi connectivity index (χ3v) is 3.70. The van der Waals surface area contributed by atoms with Gasteiger partial charge in [-0.25, -0.2) is 9.36 Å². The highest BCUT2D eigenvalue weighted by Gasteiger charge is 2.33. The van der Waals surface area contributed by atoms with E-state index in [1.165, 1.54) is 18.2 Å². The summed E-state index contributed by atoms with van der Waals surface area (Å²) >= 11 is 11.7. The summed E-state index contributed by atoms with van der Waals surface area (Å²) in [6, 6.07) is 4.38. The maximum absolute atomic E-state index is 12.1. The van der Waals surface area contributed by atoms with E-state index in [4.69, 9.17) is 28.9 Å². The number of benzene rings is 1. The first-order valence-corrected chi connectivity index (χ1v) is 6.39. The molecule has 1 aliphatic rings. The molecule has 0 unspecified atom stereocenters. The van der Waals surface area contributed by atoms with E-state index in [0.29, 0.717) is 5.02 Å². The molecule has 2 heterocycles. The van der Waals surface area contributed by atoms with Gasteiger partial charge in [-0.1, -0.05) is 23.2 Å². The van der Waals surface area contributed by atoms with Crippen LogP contribution in [0, 0.1) is 0 Å². The fourth-order valence-corrected chi connectivity index (χ4v) is 2.32. The Hall–Kier alpha value is -2.38. The number of hydrogen-bond donors (Lipinski definition) is 2. The van der Waals surface area contributed by atoms with Gasteiger partial charge in [0.1, 0.15) is 11.4 Å². The molecule has 0 atom stereocenters. The van der Waals surface area contributed by atoms with Crippen molar-refractivity contribution >= 4 is 40.8 Å². The first-order valence-electron chi connectivity index (χ1n) is 5.64. The number of carbonyl (C=O) groups is 2. The third kappa shape index (κ3) is 1.98. The number of fused-ring (bicyclic) bond motifs is 1. The number of carbonyl (C=O) groups excluding carboxylic acids is 2. The van der Waals surface area contributed by atoms with Gasteiger partial charge >= 0.3 is 5.69 Å². The molecule has 0 saturated heterocycles. The van der Waals surface area contributed by atoms with Crippen LogP contribution in [-0.2, 0) is 0 Å². The summed E-state index contributed by atoms with van der Waals surface area (Å²) in [7, 11) is 0. The zero-order valence-electron chi connectivity index (χ0n) is 10.2. The Kier molecular flexibility index (Phi) is 2.96. The van der Waals surface area contributed by atoms with Gasteiger partial charge in [0.15, 0.2) is 5.69 Å². The molecule has 7 nitrogen and oxygen atoms in total. The number of aromatic nitrogens is 2. The molecule has 106 valence electrons. The Labute approximate surface area is 127 Å². The van der Waals surface area contributed by atoms with Crippen molar-refractivity contribution in [3.63, 3.8) is 0 Å². The van der Waals surface area contributed by atoms with E-state index in [-0.39, 0.29) is 27.8 Å². The minimum absolute atomic E-state index is 0.134. The van der Waals surface area contributed by atoms with Gasteiger partial charge in [-0.2, -0.15) is 4.98 Å². The number of anilines is 1. The van der Waals surface area contributed by atoms with Crippen LogP contribution in [0.1, 0.15) is 20.8 Å². The van der Waals surface area contributed by atoms with Gasteiger partial charge in [-0.05, 0) is 18.2 Å². The van der Waals surface area contributed by atoms with Crippen LogP contribution in [-0.4, -0.2) is 21.4 Å². The minimum atomic E-state index is -0.797.